The summed E-state index contributed by atoms with van der Waals surface area (Å²) in [6.45, 7) is 8.77. The van der Waals surface area contributed by atoms with Crippen LogP contribution in [0, 0.1) is 5.92 Å². The zero-order valence-corrected chi connectivity index (χ0v) is 9.09. The fourth-order valence-electron chi connectivity index (χ4n) is 3.12. The Morgan fingerprint density at radius 3 is 2.62 bits per heavy atom. The van der Waals surface area contributed by atoms with Crippen molar-refractivity contribution in [3.05, 3.63) is 0 Å². The highest BCUT2D eigenvalue weighted by atomic mass is 16.7. The summed E-state index contributed by atoms with van der Waals surface area (Å²) in [5, 5.41) is 0. The Labute approximate surface area is 80.6 Å². The smallest absolute Gasteiger partial charge is 0.171 e. The molecule has 3 unspecified atom stereocenters. The number of rotatable bonds is 1. The molecule has 0 amide bonds. The third kappa shape index (κ3) is 1.31. The van der Waals surface area contributed by atoms with Crippen LogP contribution in [0.1, 0.15) is 47.0 Å². The maximum absolute atomic E-state index is 6.08. The molecule has 2 nitrogen and oxygen atoms in total. The molecule has 13 heavy (non-hydrogen) atoms. The average molecular weight is 184 g/mol. The van der Waals surface area contributed by atoms with Crippen molar-refractivity contribution in [2.45, 2.75) is 64.4 Å². The second kappa shape index (κ2) is 2.71. The third-order valence-electron chi connectivity index (χ3n) is 3.52. The van der Waals surface area contributed by atoms with E-state index in [-0.39, 0.29) is 11.4 Å². The maximum atomic E-state index is 6.08. The number of fused-ring (bicyclic) bond motifs is 2. The van der Waals surface area contributed by atoms with Crippen LogP contribution in [0.5, 0.6) is 0 Å². The van der Waals surface area contributed by atoms with Gasteiger partial charge >= 0.3 is 0 Å². The summed E-state index contributed by atoms with van der Waals surface area (Å²) in [6.07, 6.45) is 3.50. The summed E-state index contributed by atoms with van der Waals surface area (Å²) in [7, 11) is 0. The molecule has 0 spiro atoms. The van der Waals surface area contributed by atoms with Crippen molar-refractivity contribution < 1.29 is 9.47 Å². The van der Waals surface area contributed by atoms with Crippen LogP contribution in [0.15, 0.2) is 0 Å². The van der Waals surface area contributed by atoms with E-state index in [1.54, 1.807) is 0 Å². The van der Waals surface area contributed by atoms with Crippen molar-refractivity contribution in [1.82, 2.24) is 0 Å². The van der Waals surface area contributed by atoms with Crippen LogP contribution in [0.25, 0.3) is 0 Å². The molecule has 76 valence electrons. The van der Waals surface area contributed by atoms with Crippen LogP contribution in [-0.2, 0) is 9.47 Å². The Kier molecular flexibility index (Phi) is 1.97. The quantitative estimate of drug-likeness (QED) is 0.624. The highest BCUT2D eigenvalue weighted by Gasteiger charge is 2.56. The van der Waals surface area contributed by atoms with Gasteiger partial charge in [-0.3, -0.25) is 0 Å². The van der Waals surface area contributed by atoms with Crippen LogP contribution in [-0.4, -0.2) is 17.5 Å². The SMILES string of the molecule is CCC12O[C@@H](C)CC(C)(CC1C)O2. The molecule has 0 aromatic heterocycles. The van der Waals surface area contributed by atoms with Gasteiger partial charge in [0.05, 0.1) is 11.7 Å². The first-order chi connectivity index (χ1) is 6.00. The first-order valence-corrected chi connectivity index (χ1v) is 5.38. The molecule has 2 heterocycles. The zero-order valence-electron chi connectivity index (χ0n) is 9.09. The molecule has 0 radical (unpaired) electrons. The van der Waals surface area contributed by atoms with Crippen molar-refractivity contribution in [2.75, 3.05) is 0 Å². The standard InChI is InChI=1S/C11H20O2/c1-5-11-8(2)6-10(4,13-11)7-9(3)12-11/h8-9H,5-7H2,1-4H3/t8?,9-,10?,11?/m0/s1. The lowest BCUT2D eigenvalue weighted by Gasteiger charge is -2.42. The molecular weight excluding hydrogens is 164 g/mol. The van der Waals surface area contributed by atoms with Gasteiger partial charge in [-0.05, 0) is 26.7 Å². The Bertz CT molecular complexity index is 216. The minimum absolute atomic E-state index is 0.0765. The molecule has 2 aliphatic rings. The van der Waals surface area contributed by atoms with E-state index in [2.05, 4.69) is 27.7 Å². The lowest BCUT2D eigenvalue weighted by atomic mass is 9.90. The normalized spacial score (nSPS) is 55.4. The summed E-state index contributed by atoms with van der Waals surface area (Å²) in [4.78, 5) is 0. The van der Waals surface area contributed by atoms with Crippen molar-refractivity contribution in [3.63, 3.8) is 0 Å². The fourth-order valence-corrected chi connectivity index (χ4v) is 3.12. The lowest BCUT2D eigenvalue weighted by Crippen LogP contribution is -2.47. The van der Waals surface area contributed by atoms with E-state index in [1.165, 1.54) is 0 Å². The summed E-state index contributed by atoms with van der Waals surface area (Å²) in [6, 6.07) is 0. The Balaban J connectivity index is 2.28. The van der Waals surface area contributed by atoms with E-state index in [4.69, 9.17) is 9.47 Å². The van der Waals surface area contributed by atoms with Crippen molar-refractivity contribution in [2.24, 2.45) is 5.92 Å². The average Bonchev–Trinajstić information content (AvgIpc) is 2.18. The van der Waals surface area contributed by atoms with E-state index < -0.39 is 0 Å². The molecule has 2 bridgehead atoms. The van der Waals surface area contributed by atoms with E-state index in [9.17, 15) is 0 Å². The van der Waals surface area contributed by atoms with Crippen LogP contribution in [0.2, 0.25) is 0 Å². The van der Waals surface area contributed by atoms with Crippen molar-refractivity contribution in [3.8, 4) is 0 Å². The number of hydrogen-bond acceptors (Lipinski definition) is 2. The fraction of sp³-hybridized carbons (Fsp3) is 1.00. The van der Waals surface area contributed by atoms with Gasteiger partial charge < -0.3 is 9.47 Å². The molecular formula is C11H20O2. The molecule has 2 fully saturated rings. The Morgan fingerprint density at radius 2 is 2.00 bits per heavy atom. The molecule has 2 saturated heterocycles. The molecule has 0 aliphatic carbocycles. The summed E-state index contributed by atoms with van der Waals surface area (Å²) in [5.74, 6) is 0.263. The molecule has 2 rings (SSSR count). The highest BCUT2D eigenvalue weighted by molar-refractivity contribution is 4.98. The number of ether oxygens (including phenoxy) is 2. The monoisotopic (exact) mass is 184 g/mol. The molecule has 0 N–H and O–H groups in total. The summed E-state index contributed by atoms with van der Waals surface area (Å²) >= 11 is 0. The van der Waals surface area contributed by atoms with Gasteiger partial charge in [-0.15, -0.1) is 0 Å². The molecule has 4 atom stereocenters. The maximum Gasteiger partial charge on any atom is 0.171 e. The van der Waals surface area contributed by atoms with E-state index >= 15 is 0 Å². The Hall–Kier alpha value is -0.0800. The molecule has 2 aliphatic heterocycles. The van der Waals surface area contributed by atoms with E-state index in [0.29, 0.717) is 12.0 Å². The summed E-state index contributed by atoms with van der Waals surface area (Å²) in [5.41, 5.74) is 0.0765. The second-order valence-corrected chi connectivity index (χ2v) is 4.96. The van der Waals surface area contributed by atoms with Crippen LogP contribution < -0.4 is 0 Å². The first kappa shape index (κ1) is 9.47. The molecule has 0 aromatic carbocycles. The van der Waals surface area contributed by atoms with Gasteiger partial charge in [0.15, 0.2) is 5.79 Å². The van der Waals surface area contributed by atoms with E-state index in [1.807, 2.05) is 0 Å². The largest absolute Gasteiger partial charge is 0.347 e. The first-order valence-electron chi connectivity index (χ1n) is 5.38. The van der Waals surface area contributed by atoms with Crippen LogP contribution in [0.3, 0.4) is 0 Å². The van der Waals surface area contributed by atoms with Gasteiger partial charge in [0, 0.05) is 12.3 Å². The highest BCUT2D eigenvalue weighted by Crippen LogP contribution is 2.51. The van der Waals surface area contributed by atoms with Gasteiger partial charge in [-0.1, -0.05) is 13.8 Å². The van der Waals surface area contributed by atoms with E-state index in [0.717, 1.165) is 19.3 Å². The summed E-state index contributed by atoms with van der Waals surface area (Å²) < 4.78 is 12.1. The predicted octanol–water partition coefficient (Wildman–Crippen LogP) is 2.72. The lowest BCUT2D eigenvalue weighted by molar-refractivity contribution is -0.318. The van der Waals surface area contributed by atoms with Gasteiger partial charge in [-0.2, -0.15) is 0 Å². The molecule has 0 aromatic rings. The van der Waals surface area contributed by atoms with Crippen LogP contribution in [0.4, 0.5) is 0 Å². The molecule has 2 heteroatoms. The molecule has 0 saturated carbocycles. The number of hydrogen-bond donors (Lipinski definition) is 0. The Morgan fingerprint density at radius 1 is 1.31 bits per heavy atom. The minimum Gasteiger partial charge on any atom is -0.347 e. The van der Waals surface area contributed by atoms with Crippen molar-refractivity contribution in [1.29, 1.82) is 0 Å². The predicted molar refractivity (Wildman–Crippen MR) is 51.5 cm³/mol. The van der Waals surface area contributed by atoms with Gasteiger partial charge in [0.25, 0.3) is 0 Å². The second-order valence-electron chi connectivity index (χ2n) is 4.96. The minimum atomic E-state index is -0.271. The van der Waals surface area contributed by atoms with Crippen molar-refractivity contribution >= 4 is 0 Å². The van der Waals surface area contributed by atoms with Gasteiger partial charge in [0.1, 0.15) is 0 Å². The van der Waals surface area contributed by atoms with Crippen LogP contribution >= 0.6 is 0 Å². The topological polar surface area (TPSA) is 18.5 Å². The zero-order chi connectivity index (χ0) is 9.69. The third-order valence-corrected chi connectivity index (χ3v) is 3.52. The van der Waals surface area contributed by atoms with Gasteiger partial charge in [-0.25, -0.2) is 0 Å². The van der Waals surface area contributed by atoms with Gasteiger partial charge in [0.2, 0.25) is 0 Å².